The smallest absolute Gasteiger partial charge is 0.246 e. The number of benzene rings is 2. The van der Waals surface area contributed by atoms with Crippen molar-refractivity contribution in [2.45, 2.75) is 6.10 Å². The Morgan fingerprint density at radius 3 is 2.52 bits per heavy atom. The maximum absolute atomic E-state index is 12.4. The van der Waals surface area contributed by atoms with Crippen molar-refractivity contribution in [1.29, 1.82) is 5.26 Å². The molecule has 1 atom stereocenters. The molecule has 6 nitrogen and oxygen atoms in total. The summed E-state index contributed by atoms with van der Waals surface area (Å²) in [4.78, 5) is 16.4. The molecule has 0 aliphatic carbocycles. The topological polar surface area (TPSA) is 76.8 Å². The highest BCUT2D eigenvalue weighted by Gasteiger charge is 2.21. The summed E-state index contributed by atoms with van der Waals surface area (Å²) in [6.45, 7) is 3.38. The number of piperazine rings is 1. The number of nitriles is 1. The third-order valence-electron chi connectivity index (χ3n) is 4.83. The number of rotatable bonds is 7. The van der Waals surface area contributed by atoms with Crippen molar-refractivity contribution in [2.75, 3.05) is 39.3 Å². The van der Waals surface area contributed by atoms with Crippen molar-refractivity contribution < 1.29 is 14.6 Å². The molecule has 1 fully saturated rings. The fraction of sp³-hybridized carbons (Fsp3) is 0.304. The number of aliphatic hydroxyl groups excluding tert-OH is 1. The lowest BCUT2D eigenvalue weighted by Crippen LogP contribution is -2.50. The van der Waals surface area contributed by atoms with Gasteiger partial charge < -0.3 is 14.7 Å². The molecule has 0 radical (unpaired) electrons. The molecule has 29 heavy (non-hydrogen) atoms. The molecule has 1 amide bonds. The molecule has 0 unspecified atom stereocenters. The zero-order valence-electron chi connectivity index (χ0n) is 16.3. The monoisotopic (exact) mass is 391 g/mol. The highest BCUT2D eigenvalue weighted by Crippen LogP contribution is 2.11. The average Bonchev–Trinajstić information content (AvgIpc) is 2.77. The summed E-state index contributed by atoms with van der Waals surface area (Å²) in [5, 5.41) is 19.3. The number of hydrogen-bond donors (Lipinski definition) is 1. The Morgan fingerprint density at radius 2 is 1.79 bits per heavy atom. The van der Waals surface area contributed by atoms with E-state index < -0.39 is 6.10 Å². The maximum atomic E-state index is 12.4. The van der Waals surface area contributed by atoms with E-state index in [0.29, 0.717) is 38.3 Å². The molecule has 1 aliphatic heterocycles. The molecule has 1 N–H and O–H groups in total. The summed E-state index contributed by atoms with van der Waals surface area (Å²) < 4.78 is 5.59. The molecule has 2 aromatic carbocycles. The van der Waals surface area contributed by atoms with E-state index in [2.05, 4.69) is 11.0 Å². The first-order valence-corrected chi connectivity index (χ1v) is 9.70. The molecule has 0 aromatic heterocycles. The van der Waals surface area contributed by atoms with Gasteiger partial charge in [-0.05, 0) is 29.8 Å². The SMILES string of the molecule is N#Cc1ccccc1/C=C/C(=O)N1CCN(C[C@H](O)COc2ccccc2)CC1. The second-order valence-electron chi connectivity index (χ2n) is 6.94. The fourth-order valence-electron chi connectivity index (χ4n) is 3.22. The van der Waals surface area contributed by atoms with Crippen LogP contribution in [0.5, 0.6) is 5.75 Å². The first-order valence-electron chi connectivity index (χ1n) is 9.70. The molecular formula is C23H25N3O3. The van der Waals surface area contributed by atoms with Gasteiger partial charge in [0.15, 0.2) is 0 Å². The fourth-order valence-corrected chi connectivity index (χ4v) is 3.22. The molecule has 1 saturated heterocycles. The summed E-state index contributed by atoms with van der Waals surface area (Å²) in [6.07, 6.45) is 2.63. The maximum Gasteiger partial charge on any atom is 0.246 e. The average molecular weight is 391 g/mol. The van der Waals surface area contributed by atoms with Crippen molar-refractivity contribution >= 4 is 12.0 Å². The number of β-amino-alcohol motifs (C(OH)–C–C–N with tert-alkyl or cyclic N) is 1. The lowest BCUT2D eigenvalue weighted by atomic mass is 10.1. The zero-order chi connectivity index (χ0) is 20.5. The van der Waals surface area contributed by atoms with Gasteiger partial charge in [0.2, 0.25) is 5.91 Å². The van der Waals surface area contributed by atoms with Gasteiger partial charge in [-0.3, -0.25) is 9.69 Å². The van der Waals surface area contributed by atoms with Crippen LogP contribution in [0, 0.1) is 11.3 Å². The van der Waals surface area contributed by atoms with E-state index in [1.807, 2.05) is 42.5 Å². The Morgan fingerprint density at radius 1 is 1.10 bits per heavy atom. The van der Waals surface area contributed by atoms with Gasteiger partial charge in [0, 0.05) is 38.8 Å². The Kier molecular flexibility index (Phi) is 7.40. The third kappa shape index (κ3) is 6.18. The number of amides is 1. The summed E-state index contributed by atoms with van der Waals surface area (Å²) in [6, 6.07) is 18.8. The van der Waals surface area contributed by atoms with Gasteiger partial charge in [-0.2, -0.15) is 5.26 Å². The number of carbonyl (C=O) groups is 1. The van der Waals surface area contributed by atoms with Gasteiger partial charge in [0.25, 0.3) is 0 Å². The summed E-state index contributed by atoms with van der Waals surface area (Å²) in [5.74, 6) is 0.678. The lowest BCUT2D eigenvalue weighted by molar-refractivity contribution is -0.127. The summed E-state index contributed by atoms with van der Waals surface area (Å²) in [5.41, 5.74) is 1.29. The van der Waals surface area contributed by atoms with E-state index >= 15 is 0 Å². The van der Waals surface area contributed by atoms with Crippen LogP contribution < -0.4 is 4.74 Å². The van der Waals surface area contributed by atoms with Crippen LogP contribution in [0.3, 0.4) is 0 Å². The van der Waals surface area contributed by atoms with E-state index in [1.165, 1.54) is 6.08 Å². The second-order valence-corrected chi connectivity index (χ2v) is 6.94. The zero-order valence-corrected chi connectivity index (χ0v) is 16.3. The predicted octanol–water partition coefficient (Wildman–Crippen LogP) is 2.16. The van der Waals surface area contributed by atoms with Crippen molar-refractivity contribution in [2.24, 2.45) is 0 Å². The molecule has 1 heterocycles. The van der Waals surface area contributed by atoms with E-state index in [9.17, 15) is 9.90 Å². The van der Waals surface area contributed by atoms with Crippen LogP contribution >= 0.6 is 0 Å². The van der Waals surface area contributed by atoms with E-state index in [1.54, 1.807) is 23.1 Å². The Hall–Kier alpha value is -3.14. The van der Waals surface area contributed by atoms with Crippen LogP contribution in [-0.4, -0.2) is 66.2 Å². The van der Waals surface area contributed by atoms with Gasteiger partial charge in [-0.15, -0.1) is 0 Å². The van der Waals surface area contributed by atoms with E-state index in [-0.39, 0.29) is 12.5 Å². The van der Waals surface area contributed by atoms with Crippen LogP contribution in [0.25, 0.3) is 6.08 Å². The highest BCUT2D eigenvalue weighted by molar-refractivity contribution is 5.92. The predicted molar refractivity (Wildman–Crippen MR) is 111 cm³/mol. The lowest BCUT2D eigenvalue weighted by Gasteiger charge is -2.35. The quantitative estimate of drug-likeness (QED) is 0.732. The Bertz CT molecular complexity index is 868. The first kappa shape index (κ1) is 20.6. The minimum absolute atomic E-state index is 0.0645. The van der Waals surface area contributed by atoms with E-state index in [0.717, 1.165) is 11.3 Å². The highest BCUT2D eigenvalue weighted by atomic mass is 16.5. The van der Waals surface area contributed by atoms with Gasteiger partial charge in [0.05, 0.1) is 11.6 Å². The summed E-state index contributed by atoms with van der Waals surface area (Å²) in [7, 11) is 0. The van der Waals surface area contributed by atoms with Gasteiger partial charge in [-0.25, -0.2) is 0 Å². The van der Waals surface area contributed by atoms with Crippen LogP contribution in [0.1, 0.15) is 11.1 Å². The van der Waals surface area contributed by atoms with Crippen LogP contribution in [-0.2, 0) is 4.79 Å². The largest absolute Gasteiger partial charge is 0.491 e. The number of ether oxygens (including phenoxy) is 1. The number of hydrogen-bond acceptors (Lipinski definition) is 5. The van der Waals surface area contributed by atoms with Gasteiger partial charge >= 0.3 is 0 Å². The molecule has 0 bridgehead atoms. The number of nitrogens with zero attached hydrogens (tertiary/aromatic N) is 3. The molecule has 0 saturated carbocycles. The Labute approximate surface area is 171 Å². The number of aliphatic hydroxyl groups is 1. The summed E-state index contributed by atoms with van der Waals surface area (Å²) >= 11 is 0. The van der Waals surface area contributed by atoms with Crippen molar-refractivity contribution in [3.8, 4) is 11.8 Å². The van der Waals surface area contributed by atoms with Gasteiger partial charge in [0.1, 0.15) is 18.5 Å². The number of para-hydroxylation sites is 1. The number of carbonyl (C=O) groups excluding carboxylic acids is 1. The van der Waals surface area contributed by atoms with Crippen molar-refractivity contribution in [1.82, 2.24) is 9.80 Å². The normalized spacial score (nSPS) is 15.8. The molecule has 3 rings (SSSR count). The standard InChI is InChI=1S/C23H25N3O3/c24-16-20-7-5-4-6-19(20)10-11-23(28)26-14-12-25(13-15-26)17-21(27)18-29-22-8-2-1-3-9-22/h1-11,21,27H,12-15,17-18H2/b11-10+/t21-/m0/s1. The second kappa shape index (κ2) is 10.4. The van der Waals surface area contributed by atoms with E-state index in [4.69, 9.17) is 10.00 Å². The van der Waals surface area contributed by atoms with Crippen LogP contribution in [0.15, 0.2) is 60.7 Å². The van der Waals surface area contributed by atoms with Crippen molar-refractivity contribution in [3.63, 3.8) is 0 Å². The molecule has 6 heteroatoms. The molecule has 150 valence electrons. The van der Waals surface area contributed by atoms with Gasteiger partial charge in [-0.1, -0.05) is 36.4 Å². The molecule has 0 spiro atoms. The van der Waals surface area contributed by atoms with Crippen LogP contribution in [0.2, 0.25) is 0 Å². The molecular weight excluding hydrogens is 366 g/mol. The minimum atomic E-state index is -0.583. The molecule has 1 aliphatic rings. The first-order chi connectivity index (χ1) is 14.2. The van der Waals surface area contributed by atoms with Crippen molar-refractivity contribution in [3.05, 3.63) is 71.8 Å². The van der Waals surface area contributed by atoms with Crippen LogP contribution in [0.4, 0.5) is 0 Å². The Balaban J connectivity index is 1.42. The minimum Gasteiger partial charge on any atom is -0.491 e. The third-order valence-corrected chi connectivity index (χ3v) is 4.83. The molecule has 2 aromatic rings.